The van der Waals surface area contributed by atoms with Gasteiger partial charge in [-0.2, -0.15) is 0 Å². The molecule has 0 radical (unpaired) electrons. The molecular formula is C53H34N2. The lowest BCUT2D eigenvalue weighted by Crippen LogP contribution is -1.99. The molecule has 1 aliphatic carbocycles. The molecule has 2 nitrogen and oxygen atoms in total. The molecule has 12 rings (SSSR count). The summed E-state index contributed by atoms with van der Waals surface area (Å²) in [6.45, 7) is 0. The van der Waals surface area contributed by atoms with Crippen molar-refractivity contribution in [2.45, 2.75) is 5.92 Å². The molecular weight excluding hydrogens is 665 g/mol. The number of para-hydroxylation sites is 3. The van der Waals surface area contributed by atoms with Crippen LogP contribution in [0.25, 0.3) is 88.0 Å². The summed E-state index contributed by atoms with van der Waals surface area (Å²) in [5, 5.41) is 7.60. The number of hydrogen-bond donors (Lipinski definition) is 0. The molecule has 2 aromatic heterocycles. The van der Waals surface area contributed by atoms with Crippen LogP contribution in [-0.2, 0) is 0 Å². The van der Waals surface area contributed by atoms with E-state index >= 15 is 0 Å². The van der Waals surface area contributed by atoms with E-state index in [0.29, 0.717) is 0 Å². The van der Waals surface area contributed by atoms with Crippen LogP contribution in [0.3, 0.4) is 0 Å². The van der Waals surface area contributed by atoms with Crippen molar-refractivity contribution >= 4 is 54.4 Å². The fourth-order valence-corrected chi connectivity index (χ4v) is 9.57. The molecule has 55 heavy (non-hydrogen) atoms. The lowest BCUT2D eigenvalue weighted by molar-refractivity contribution is 1.02. The highest BCUT2D eigenvalue weighted by atomic mass is 15.0. The van der Waals surface area contributed by atoms with Crippen LogP contribution in [0.4, 0.5) is 0 Å². The Labute approximate surface area is 318 Å². The van der Waals surface area contributed by atoms with Crippen molar-refractivity contribution in [2.24, 2.45) is 0 Å². The molecule has 0 bridgehead atoms. The van der Waals surface area contributed by atoms with Gasteiger partial charge in [-0.15, -0.1) is 0 Å². The minimum atomic E-state index is 0.157. The van der Waals surface area contributed by atoms with Crippen molar-refractivity contribution in [3.8, 4) is 33.6 Å². The van der Waals surface area contributed by atoms with Crippen molar-refractivity contribution in [1.29, 1.82) is 0 Å². The number of aromatic nitrogens is 2. The van der Waals surface area contributed by atoms with Gasteiger partial charge in [0.2, 0.25) is 0 Å². The summed E-state index contributed by atoms with van der Waals surface area (Å²) in [7, 11) is 0. The van der Waals surface area contributed by atoms with Crippen LogP contribution in [-0.4, -0.2) is 9.13 Å². The number of rotatable bonds is 4. The van der Waals surface area contributed by atoms with Gasteiger partial charge in [0.25, 0.3) is 0 Å². The van der Waals surface area contributed by atoms with Crippen molar-refractivity contribution in [2.75, 3.05) is 0 Å². The Balaban J connectivity index is 1.08. The van der Waals surface area contributed by atoms with Gasteiger partial charge in [0.15, 0.2) is 0 Å². The number of nitrogens with zero attached hydrogens (tertiary/aromatic N) is 2. The summed E-state index contributed by atoms with van der Waals surface area (Å²) in [6, 6.07) is 74.0. The second kappa shape index (κ2) is 11.7. The van der Waals surface area contributed by atoms with Crippen LogP contribution in [0, 0.1) is 0 Å². The van der Waals surface area contributed by atoms with Gasteiger partial charge in [-0.3, -0.25) is 0 Å². The highest BCUT2D eigenvalue weighted by Gasteiger charge is 2.32. The van der Waals surface area contributed by atoms with Gasteiger partial charge < -0.3 is 9.13 Å². The average molecular weight is 699 g/mol. The fraction of sp³-hybridized carbons (Fsp3) is 0.0189. The molecule has 256 valence electrons. The zero-order valence-electron chi connectivity index (χ0n) is 30.0. The van der Waals surface area contributed by atoms with E-state index in [0.717, 1.165) is 0 Å². The van der Waals surface area contributed by atoms with Crippen LogP contribution in [0.1, 0.15) is 22.6 Å². The first kappa shape index (κ1) is 30.3. The summed E-state index contributed by atoms with van der Waals surface area (Å²) in [5.74, 6) is 0.157. The van der Waals surface area contributed by atoms with E-state index < -0.39 is 0 Å². The van der Waals surface area contributed by atoms with Gasteiger partial charge in [-0.25, -0.2) is 0 Å². The zero-order valence-corrected chi connectivity index (χ0v) is 30.0. The lowest BCUT2D eigenvalue weighted by Gasteiger charge is -2.15. The van der Waals surface area contributed by atoms with E-state index in [2.05, 4.69) is 209 Å². The monoisotopic (exact) mass is 698 g/mol. The van der Waals surface area contributed by atoms with E-state index in [4.69, 9.17) is 0 Å². The van der Waals surface area contributed by atoms with Gasteiger partial charge in [0.1, 0.15) is 0 Å². The second-order valence-electron chi connectivity index (χ2n) is 14.9. The predicted octanol–water partition coefficient (Wildman–Crippen LogP) is 13.9. The second-order valence-corrected chi connectivity index (χ2v) is 14.9. The molecule has 2 heterocycles. The molecule has 1 atom stereocenters. The van der Waals surface area contributed by atoms with Crippen molar-refractivity contribution in [3.05, 3.63) is 217 Å². The normalized spacial score (nSPS) is 13.6. The van der Waals surface area contributed by atoms with E-state index in [1.165, 1.54) is 105 Å². The first-order chi connectivity index (χ1) is 27.3. The first-order valence-electron chi connectivity index (χ1n) is 19.1. The molecule has 11 aromatic rings. The third-order valence-electron chi connectivity index (χ3n) is 12.0. The Morgan fingerprint density at radius 1 is 0.327 bits per heavy atom. The van der Waals surface area contributed by atoms with Crippen LogP contribution < -0.4 is 0 Å². The maximum absolute atomic E-state index is 2.48. The first-order valence-corrected chi connectivity index (χ1v) is 19.1. The van der Waals surface area contributed by atoms with Gasteiger partial charge in [-0.05, 0) is 105 Å². The topological polar surface area (TPSA) is 9.86 Å². The number of benzene rings is 9. The molecule has 0 spiro atoms. The Morgan fingerprint density at radius 3 is 1.71 bits per heavy atom. The average Bonchev–Trinajstić information content (AvgIpc) is 3.88. The predicted molar refractivity (Wildman–Crippen MR) is 231 cm³/mol. The summed E-state index contributed by atoms with van der Waals surface area (Å²) in [6.07, 6.45) is 0. The van der Waals surface area contributed by atoms with Crippen LogP contribution in [0.2, 0.25) is 0 Å². The summed E-state index contributed by atoms with van der Waals surface area (Å²) >= 11 is 0. The number of fused-ring (bicyclic) bond motifs is 10. The smallest absolute Gasteiger partial charge is 0.0547 e. The molecule has 2 heteroatoms. The van der Waals surface area contributed by atoms with Gasteiger partial charge in [0, 0.05) is 38.5 Å². The Kier molecular flexibility index (Phi) is 6.43. The van der Waals surface area contributed by atoms with Crippen LogP contribution in [0.5, 0.6) is 0 Å². The molecule has 0 saturated carbocycles. The Bertz CT molecular complexity index is 3310. The minimum Gasteiger partial charge on any atom is -0.309 e. The molecule has 0 fully saturated rings. The SMILES string of the molecule is c1ccc(C2c3ccc(-c4ccc5c(c4)c4ccccc4n5-c4cccc5ccccc45)cc3-c3cc4c(cc32)c2ccccc2n4-c2ccccc2)cc1. The fourth-order valence-electron chi connectivity index (χ4n) is 9.57. The standard InChI is InChI=1S/C53H34N2/c1-3-15-35(16-4-1)53-42-28-26-36(30-43(42)44-33-52-46(32-47(44)53)41-22-9-11-23-49(41)54(52)38-18-5-2-6-19-38)37-27-29-51-45(31-37)40-21-10-12-24-50(40)55(51)48-25-13-17-34-14-7-8-20-39(34)48/h1-33,53H. The molecule has 0 aliphatic heterocycles. The van der Waals surface area contributed by atoms with E-state index in [-0.39, 0.29) is 5.92 Å². The largest absolute Gasteiger partial charge is 0.309 e. The molecule has 1 aliphatic rings. The van der Waals surface area contributed by atoms with Crippen molar-refractivity contribution in [1.82, 2.24) is 9.13 Å². The maximum atomic E-state index is 2.48. The molecule has 9 aromatic carbocycles. The summed E-state index contributed by atoms with van der Waals surface area (Å²) in [5.41, 5.74) is 16.4. The molecule has 0 amide bonds. The zero-order chi connectivity index (χ0) is 36.0. The van der Waals surface area contributed by atoms with Gasteiger partial charge in [0.05, 0.1) is 27.8 Å². The van der Waals surface area contributed by atoms with E-state index in [1.54, 1.807) is 0 Å². The maximum Gasteiger partial charge on any atom is 0.0547 e. The highest BCUT2D eigenvalue weighted by molar-refractivity contribution is 6.13. The molecule has 1 unspecified atom stereocenters. The van der Waals surface area contributed by atoms with Crippen molar-refractivity contribution < 1.29 is 0 Å². The van der Waals surface area contributed by atoms with Gasteiger partial charge in [-0.1, -0.05) is 140 Å². The number of hydrogen-bond acceptors (Lipinski definition) is 0. The lowest BCUT2D eigenvalue weighted by atomic mass is 9.88. The van der Waals surface area contributed by atoms with Crippen LogP contribution in [0.15, 0.2) is 200 Å². The third kappa shape index (κ3) is 4.43. The summed E-state index contributed by atoms with van der Waals surface area (Å²) < 4.78 is 4.88. The Hall–Kier alpha value is -7.16. The highest BCUT2D eigenvalue weighted by Crippen LogP contribution is 2.51. The minimum absolute atomic E-state index is 0.157. The van der Waals surface area contributed by atoms with E-state index in [1.807, 2.05) is 0 Å². The van der Waals surface area contributed by atoms with Crippen molar-refractivity contribution in [3.63, 3.8) is 0 Å². The van der Waals surface area contributed by atoms with E-state index in [9.17, 15) is 0 Å². The summed E-state index contributed by atoms with van der Waals surface area (Å²) in [4.78, 5) is 0. The molecule has 0 saturated heterocycles. The quantitative estimate of drug-likeness (QED) is 0.173. The third-order valence-corrected chi connectivity index (χ3v) is 12.0. The van der Waals surface area contributed by atoms with Gasteiger partial charge >= 0.3 is 0 Å². The Morgan fingerprint density at radius 2 is 0.909 bits per heavy atom. The molecule has 0 N–H and O–H groups in total. The van der Waals surface area contributed by atoms with Crippen LogP contribution >= 0.6 is 0 Å².